The number of H-pyrrole nitrogens is 1. The van der Waals surface area contributed by atoms with Crippen LogP contribution in [0.3, 0.4) is 0 Å². The highest BCUT2D eigenvalue weighted by Gasteiger charge is 2.20. The Labute approximate surface area is 143 Å². The average Bonchev–Trinajstić information content (AvgIpc) is 2.79. The summed E-state index contributed by atoms with van der Waals surface area (Å²) in [6.07, 6.45) is -0.0813. The highest BCUT2D eigenvalue weighted by atomic mass is 35.5. The van der Waals surface area contributed by atoms with Crippen molar-refractivity contribution in [2.75, 3.05) is 0 Å². The van der Waals surface area contributed by atoms with Gasteiger partial charge in [-0.3, -0.25) is 4.79 Å². The Kier molecular flexibility index (Phi) is 4.09. The Bertz CT molecular complexity index is 928. The Morgan fingerprint density at radius 1 is 1.22 bits per heavy atom. The van der Waals surface area contributed by atoms with E-state index in [1.165, 1.54) is 0 Å². The largest absolute Gasteiger partial charge is 0.481 e. The molecule has 2 aromatic carbocycles. The van der Waals surface area contributed by atoms with E-state index in [0.29, 0.717) is 21.3 Å². The van der Waals surface area contributed by atoms with E-state index in [1.54, 1.807) is 12.1 Å². The monoisotopic (exact) mass is 347 g/mol. The molecular formula is C18H15Cl2NO2. The van der Waals surface area contributed by atoms with Gasteiger partial charge in [-0.1, -0.05) is 41.4 Å². The van der Waals surface area contributed by atoms with Crippen LogP contribution in [0.2, 0.25) is 10.0 Å². The van der Waals surface area contributed by atoms with Crippen molar-refractivity contribution < 1.29 is 9.90 Å². The molecule has 118 valence electrons. The molecule has 1 aromatic heterocycles. The second-order valence-corrected chi connectivity index (χ2v) is 6.44. The molecule has 1 heterocycles. The molecular weight excluding hydrogens is 333 g/mol. The molecule has 0 spiro atoms. The minimum atomic E-state index is -0.884. The van der Waals surface area contributed by atoms with E-state index in [9.17, 15) is 9.90 Å². The lowest BCUT2D eigenvalue weighted by molar-refractivity contribution is -0.136. The molecule has 0 amide bonds. The predicted molar refractivity (Wildman–Crippen MR) is 94.6 cm³/mol. The molecule has 3 aromatic rings. The summed E-state index contributed by atoms with van der Waals surface area (Å²) < 4.78 is 0. The van der Waals surface area contributed by atoms with Gasteiger partial charge in [0.15, 0.2) is 0 Å². The number of aryl methyl sites for hydroxylation is 2. The van der Waals surface area contributed by atoms with Crippen LogP contribution in [0.15, 0.2) is 30.3 Å². The fourth-order valence-electron chi connectivity index (χ4n) is 3.06. The fraction of sp³-hybridized carbons (Fsp3) is 0.167. The van der Waals surface area contributed by atoms with E-state index < -0.39 is 5.97 Å². The number of benzene rings is 2. The Morgan fingerprint density at radius 3 is 2.65 bits per heavy atom. The number of rotatable bonds is 3. The smallest absolute Gasteiger partial charge is 0.307 e. The first-order valence-corrected chi connectivity index (χ1v) is 7.92. The molecule has 0 unspecified atom stereocenters. The molecule has 2 N–H and O–H groups in total. The topological polar surface area (TPSA) is 53.1 Å². The maximum Gasteiger partial charge on any atom is 0.307 e. The first-order valence-electron chi connectivity index (χ1n) is 7.16. The molecule has 3 rings (SSSR count). The molecule has 0 saturated carbocycles. The highest BCUT2D eigenvalue weighted by molar-refractivity contribution is 6.43. The van der Waals surface area contributed by atoms with Crippen molar-refractivity contribution in [3.05, 3.63) is 57.1 Å². The average molecular weight is 348 g/mol. The lowest BCUT2D eigenvalue weighted by Crippen LogP contribution is -2.01. The van der Waals surface area contributed by atoms with Crippen molar-refractivity contribution in [3.63, 3.8) is 0 Å². The lowest BCUT2D eigenvalue weighted by atomic mass is 9.99. The summed E-state index contributed by atoms with van der Waals surface area (Å²) in [5, 5.41) is 11.1. The van der Waals surface area contributed by atoms with Gasteiger partial charge in [0.05, 0.1) is 22.2 Å². The number of carboxylic acids is 1. The molecule has 0 aliphatic rings. The first-order chi connectivity index (χ1) is 10.9. The van der Waals surface area contributed by atoms with Gasteiger partial charge in [-0.15, -0.1) is 0 Å². The number of hydrogen-bond donors (Lipinski definition) is 2. The van der Waals surface area contributed by atoms with Gasteiger partial charge in [0.1, 0.15) is 0 Å². The zero-order valence-electron chi connectivity index (χ0n) is 12.7. The first kappa shape index (κ1) is 15.9. The number of halogens is 2. The summed E-state index contributed by atoms with van der Waals surface area (Å²) >= 11 is 12.5. The second-order valence-electron chi connectivity index (χ2n) is 5.65. The second kappa shape index (κ2) is 5.91. The Hall–Kier alpha value is -1.97. The van der Waals surface area contributed by atoms with Crippen molar-refractivity contribution in [2.24, 2.45) is 0 Å². The van der Waals surface area contributed by atoms with Gasteiger partial charge in [0.2, 0.25) is 0 Å². The van der Waals surface area contributed by atoms with Crippen molar-refractivity contribution in [1.29, 1.82) is 0 Å². The summed E-state index contributed by atoms with van der Waals surface area (Å²) in [5.74, 6) is -0.884. The molecule has 23 heavy (non-hydrogen) atoms. The molecule has 0 saturated heterocycles. The quantitative estimate of drug-likeness (QED) is 0.667. The van der Waals surface area contributed by atoms with Gasteiger partial charge in [-0.25, -0.2) is 0 Å². The number of carbonyl (C=O) groups is 1. The standard InChI is InChI=1S/C18H15Cl2NO2/c1-9-6-10(2)16-12(8-15(22)23)18(21-14(16)7-9)11-4-3-5-13(19)17(11)20/h3-7,21H,8H2,1-2H3,(H,22,23). The van der Waals surface area contributed by atoms with E-state index >= 15 is 0 Å². The minimum absolute atomic E-state index is 0.0813. The van der Waals surface area contributed by atoms with Gasteiger partial charge >= 0.3 is 5.97 Å². The van der Waals surface area contributed by atoms with Crippen molar-refractivity contribution in [1.82, 2.24) is 4.98 Å². The van der Waals surface area contributed by atoms with Crippen LogP contribution in [0.25, 0.3) is 22.2 Å². The molecule has 5 heteroatoms. The van der Waals surface area contributed by atoms with E-state index in [2.05, 4.69) is 4.98 Å². The van der Waals surface area contributed by atoms with Crippen LogP contribution in [-0.4, -0.2) is 16.1 Å². The number of aliphatic carboxylic acids is 1. The lowest BCUT2D eigenvalue weighted by Gasteiger charge is -2.07. The van der Waals surface area contributed by atoms with E-state index in [4.69, 9.17) is 23.2 Å². The third-order valence-electron chi connectivity index (χ3n) is 3.89. The zero-order chi connectivity index (χ0) is 16.7. The van der Waals surface area contributed by atoms with Gasteiger partial charge < -0.3 is 10.1 Å². The minimum Gasteiger partial charge on any atom is -0.481 e. The van der Waals surface area contributed by atoms with Crippen molar-refractivity contribution in [3.8, 4) is 11.3 Å². The molecule has 0 atom stereocenters. The number of hydrogen-bond acceptors (Lipinski definition) is 1. The molecule has 3 nitrogen and oxygen atoms in total. The summed E-state index contributed by atoms with van der Waals surface area (Å²) in [6.45, 7) is 3.99. The number of aromatic nitrogens is 1. The SMILES string of the molecule is Cc1cc(C)c2c(CC(=O)O)c(-c3cccc(Cl)c3Cl)[nH]c2c1. The van der Waals surface area contributed by atoms with Gasteiger partial charge in [0.25, 0.3) is 0 Å². The third-order valence-corrected chi connectivity index (χ3v) is 4.71. The fourth-order valence-corrected chi connectivity index (χ4v) is 3.45. The highest BCUT2D eigenvalue weighted by Crippen LogP contribution is 2.39. The molecule has 0 radical (unpaired) electrons. The summed E-state index contributed by atoms with van der Waals surface area (Å²) in [7, 11) is 0. The maximum absolute atomic E-state index is 11.4. The summed E-state index contributed by atoms with van der Waals surface area (Å²) in [5.41, 5.74) is 5.21. The van der Waals surface area contributed by atoms with Crippen LogP contribution in [0.4, 0.5) is 0 Å². The number of aromatic amines is 1. The normalized spacial score (nSPS) is 11.1. The van der Waals surface area contributed by atoms with Crippen LogP contribution in [0, 0.1) is 13.8 Å². The molecule has 0 aliphatic carbocycles. The third kappa shape index (κ3) is 2.82. The van der Waals surface area contributed by atoms with Crippen LogP contribution >= 0.6 is 23.2 Å². The van der Waals surface area contributed by atoms with Crippen LogP contribution in [0.5, 0.6) is 0 Å². The molecule has 0 bridgehead atoms. The van der Waals surface area contributed by atoms with E-state index in [1.807, 2.05) is 32.0 Å². The summed E-state index contributed by atoms with van der Waals surface area (Å²) in [6, 6.07) is 9.41. The number of fused-ring (bicyclic) bond motifs is 1. The predicted octanol–water partition coefficient (Wildman–Crippen LogP) is 5.39. The van der Waals surface area contributed by atoms with Crippen LogP contribution in [-0.2, 0) is 11.2 Å². The van der Waals surface area contributed by atoms with Gasteiger partial charge in [-0.05, 0) is 42.7 Å². The van der Waals surface area contributed by atoms with Crippen molar-refractivity contribution in [2.45, 2.75) is 20.3 Å². The van der Waals surface area contributed by atoms with E-state index in [-0.39, 0.29) is 6.42 Å². The summed E-state index contributed by atoms with van der Waals surface area (Å²) in [4.78, 5) is 14.7. The molecule has 0 aliphatic heterocycles. The zero-order valence-corrected chi connectivity index (χ0v) is 14.2. The number of nitrogens with one attached hydrogen (secondary N) is 1. The van der Waals surface area contributed by atoms with Crippen molar-refractivity contribution >= 4 is 40.1 Å². The van der Waals surface area contributed by atoms with Crippen LogP contribution < -0.4 is 0 Å². The number of carboxylic acid groups (broad SMARTS) is 1. The molecule has 0 fully saturated rings. The Morgan fingerprint density at radius 2 is 1.96 bits per heavy atom. The van der Waals surface area contributed by atoms with E-state index in [0.717, 1.165) is 27.6 Å². The van der Waals surface area contributed by atoms with Gasteiger partial charge in [-0.2, -0.15) is 0 Å². The van der Waals surface area contributed by atoms with Crippen LogP contribution in [0.1, 0.15) is 16.7 Å². The van der Waals surface area contributed by atoms with Gasteiger partial charge in [0, 0.05) is 16.5 Å². The Balaban J connectivity index is 2.38. The maximum atomic E-state index is 11.4.